The maximum absolute atomic E-state index is 13.3. The first-order valence-electron chi connectivity index (χ1n) is 11.6. The molecule has 9 nitrogen and oxygen atoms in total. The van der Waals surface area contributed by atoms with Crippen LogP contribution in [-0.2, 0) is 9.59 Å². The van der Waals surface area contributed by atoms with Gasteiger partial charge in [0.1, 0.15) is 24.0 Å². The molecule has 174 valence electrons. The summed E-state index contributed by atoms with van der Waals surface area (Å²) < 4.78 is 0. The molecule has 9 heteroatoms. The highest BCUT2D eigenvalue weighted by Crippen LogP contribution is 2.20. The number of nitrogens with zero attached hydrogens (tertiary/aromatic N) is 5. The average Bonchev–Trinajstić information content (AvgIpc) is 3.35. The van der Waals surface area contributed by atoms with Gasteiger partial charge in [0.25, 0.3) is 0 Å². The molecule has 2 aromatic rings. The van der Waals surface area contributed by atoms with E-state index in [0.717, 1.165) is 49.7 Å². The molecule has 34 heavy (non-hydrogen) atoms. The van der Waals surface area contributed by atoms with Crippen LogP contribution in [0.25, 0.3) is 10.9 Å². The first-order chi connectivity index (χ1) is 16.6. The number of aromatic nitrogens is 1. The zero-order chi connectivity index (χ0) is 23.9. The van der Waals surface area contributed by atoms with Crippen molar-refractivity contribution in [1.82, 2.24) is 20.1 Å². The summed E-state index contributed by atoms with van der Waals surface area (Å²) in [6, 6.07) is 12.4. The van der Waals surface area contributed by atoms with Crippen LogP contribution in [0, 0.1) is 22.7 Å². The van der Waals surface area contributed by atoms with Crippen LogP contribution in [-0.4, -0.2) is 58.8 Å². The molecule has 2 N–H and O–H groups in total. The summed E-state index contributed by atoms with van der Waals surface area (Å²) in [4.78, 5) is 33.7. The highest BCUT2D eigenvalue weighted by Gasteiger charge is 2.31. The van der Waals surface area contributed by atoms with E-state index in [9.17, 15) is 20.1 Å². The quantitative estimate of drug-likeness (QED) is 0.639. The lowest BCUT2D eigenvalue weighted by molar-refractivity contribution is -0.140. The number of hydrogen-bond donors (Lipinski definition) is 2. The van der Waals surface area contributed by atoms with Crippen molar-refractivity contribution in [3.05, 3.63) is 47.9 Å². The number of fused-ring (bicyclic) bond motifs is 1. The van der Waals surface area contributed by atoms with Crippen LogP contribution in [0.2, 0.25) is 0 Å². The molecular weight excluding hydrogens is 430 g/mol. The van der Waals surface area contributed by atoms with E-state index in [1.165, 1.54) is 0 Å². The molecule has 0 saturated carbocycles. The van der Waals surface area contributed by atoms with Crippen molar-refractivity contribution < 1.29 is 9.59 Å². The van der Waals surface area contributed by atoms with Gasteiger partial charge in [0, 0.05) is 36.9 Å². The van der Waals surface area contributed by atoms with E-state index in [1.807, 2.05) is 41.3 Å². The number of benzene rings is 1. The summed E-state index contributed by atoms with van der Waals surface area (Å²) in [5, 5.41) is 26.2. The van der Waals surface area contributed by atoms with Crippen molar-refractivity contribution in [2.45, 2.75) is 38.1 Å². The topological polar surface area (TPSA) is 125 Å². The second-order valence-electron chi connectivity index (χ2n) is 8.55. The van der Waals surface area contributed by atoms with Gasteiger partial charge < -0.3 is 20.4 Å². The predicted molar refractivity (Wildman–Crippen MR) is 127 cm³/mol. The van der Waals surface area contributed by atoms with Crippen molar-refractivity contribution in [3.8, 4) is 12.1 Å². The van der Waals surface area contributed by atoms with Crippen molar-refractivity contribution in [3.63, 3.8) is 0 Å². The zero-order valence-corrected chi connectivity index (χ0v) is 19.0. The molecule has 2 saturated heterocycles. The molecule has 0 spiro atoms. The Balaban J connectivity index is 1.53. The maximum atomic E-state index is 13.3. The van der Waals surface area contributed by atoms with Gasteiger partial charge in [-0.3, -0.25) is 14.6 Å². The minimum atomic E-state index is -0.643. The lowest BCUT2D eigenvalue weighted by atomic mass is 10.1. The van der Waals surface area contributed by atoms with E-state index in [-0.39, 0.29) is 29.8 Å². The van der Waals surface area contributed by atoms with Gasteiger partial charge in [0.05, 0.1) is 12.1 Å². The van der Waals surface area contributed by atoms with Crippen LogP contribution in [0.4, 0.5) is 5.69 Å². The lowest BCUT2D eigenvalue weighted by Crippen LogP contribution is -2.49. The molecule has 1 atom stereocenters. The molecular formula is C25H27N7O2. The smallest absolute Gasteiger partial charge is 0.245 e. The lowest BCUT2D eigenvalue weighted by Gasteiger charge is -2.27. The summed E-state index contributed by atoms with van der Waals surface area (Å²) in [6.07, 6.45) is 5.85. The second-order valence-corrected chi connectivity index (χ2v) is 8.55. The molecule has 0 bridgehead atoms. The molecule has 1 aromatic carbocycles. The fraction of sp³-hybridized carbons (Fsp3) is 0.400. The third kappa shape index (κ3) is 5.26. The van der Waals surface area contributed by atoms with E-state index < -0.39 is 6.04 Å². The van der Waals surface area contributed by atoms with Gasteiger partial charge in [-0.1, -0.05) is 6.07 Å². The van der Waals surface area contributed by atoms with Gasteiger partial charge in [-0.25, -0.2) is 0 Å². The van der Waals surface area contributed by atoms with Crippen molar-refractivity contribution in [1.29, 1.82) is 10.5 Å². The van der Waals surface area contributed by atoms with E-state index in [1.54, 1.807) is 17.2 Å². The predicted octanol–water partition coefficient (Wildman–Crippen LogP) is 2.50. The van der Waals surface area contributed by atoms with Crippen LogP contribution in [0.1, 0.15) is 32.1 Å². The summed E-state index contributed by atoms with van der Waals surface area (Å²) in [6.45, 7) is 2.07. The Hall–Kier alpha value is -4.11. The number of allylic oxidation sites excluding steroid dienone is 1. The third-order valence-corrected chi connectivity index (χ3v) is 6.23. The molecule has 0 radical (unpaired) electrons. The largest absolute Gasteiger partial charge is 0.358 e. The summed E-state index contributed by atoms with van der Waals surface area (Å²) >= 11 is 0. The number of amides is 2. The summed E-state index contributed by atoms with van der Waals surface area (Å²) in [7, 11) is 0. The Morgan fingerprint density at radius 1 is 1.09 bits per heavy atom. The molecule has 2 aliphatic rings. The molecule has 4 rings (SSSR count). The van der Waals surface area contributed by atoms with E-state index in [0.29, 0.717) is 18.7 Å². The Labute approximate surface area is 198 Å². The number of carbonyl (C=O) groups excluding carboxylic acids is 2. The highest BCUT2D eigenvalue weighted by atomic mass is 16.2. The zero-order valence-electron chi connectivity index (χ0n) is 19.0. The SMILES string of the molecule is N#CC(C#N)=C(Nc1ccc2ncccc2c1)N[C@H]1CCCCN(CC(=O)N2CCCC2)C1=O. The van der Waals surface area contributed by atoms with E-state index in [2.05, 4.69) is 15.6 Å². The van der Waals surface area contributed by atoms with Gasteiger partial charge in [-0.05, 0) is 56.4 Å². The Morgan fingerprint density at radius 2 is 1.85 bits per heavy atom. The fourth-order valence-corrected chi connectivity index (χ4v) is 4.41. The van der Waals surface area contributed by atoms with E-state index in [4.69, 9.17) is 0 Å². The van der Waals surface area contributed by atoms with Crippen LogP contribution in [0.5, 0.6) is 0 Å². The molecule has 2 aliphatic heterocycles. The number of rotatable bonds is 6. The van der Waals surface area contributed by atoms with E-state index >= 15 is 0 Å². The number of anilines is 1. The van der Waals surface area contributed by atoms with Crippen LogP contribution in [0.3, 0.4) is 0 Å². The van der Waals surface area contributed by atoms with Gasteiger partial charge in [0.15, 0.2) is 5.57 Å². The van der Waals surface area contributed by atoms with Crippen LogP contribution < -0.4 is 10.6 Å². The van der Waals surface area contributed by atoms with Gasteiger partial charge in [-0.15, -0.1) is 0 Å². The molecule has 1 aromatic heterocycles. The number of nitrogens with one attached hydrogen (secondary N) is 2. The second kappa shape index (κ2) is 10.7. The number of pyridine rings is 1. The van der Waals surface area contributed by atoms with Gasteiger partial charge in [-0.2, -0.15) is 10.5 Å². The van der Waals surface area contributed by atoms with Crippen LogP contribution in [0.15, 0.2) is 47.9 Å². The third-order valence-electron chi connectivity index (χ3n) is 6.23. The molecule has 0 aliphatic carbocycles. The first-order valence-corrected chi connectivity index (χ1v) is 11.6. The standard InChI is InChI=1S/C25H27N7O2/c26-15-19(16-27)24(29-20-8-9-21-18(14-20)6-5-10-28-21)30-22-7-1-2-13-32(25(22)34)17-23(33)31-11-3-4-12-31/h5-6,8-10,14,22,29-30H,1-4,7,11-13,17H2/t22-/m0/s1. The maximum Gasteiger partial charge on any atom is 0.245 e. The van der Waals surface area contributed by atoms with Gasteiger partial charge in [0.2, 0.25) is 11.8 Å². The molecule has 3 heterocycles. The van der Waals surface area contributed by atoms with Crippen LogP contribution >= 0.6 is 0 Å². The summed E-state index contributed by atoms with van der Waals surface area (Å²) in [5.74, 6) is -0.0403. The monoisotopic (exact) mass is 457 g/mol. The number of nitriles is 2. The molecule has 0 unspecified atom stereocenters. The van der Waals surface area contributed by atoms with Crippen molar-refractivity contribution in [2.75, 3.05) is 31.5 Å². The first kappa shape index (κ1) is 23.1. The van der Waals surface area contributed by atoms with Crippen molar-refractivity contribution in [2.24, 2.45) is 0 Å². The van der Waals surface area contributed by atoms with Gasteiger partial charge >= 0.3 is 0 Å². The number of carbonyl (C=O) groups is 2. The Bertz CT molecular complexity index is 1170. The Morgan fingerprint density at radius 3 is 2.62 bits per heavy atom. The molecule has 2 fully saturated rings. The number of hydrogen-bond acceptors (Lipinski definition) is 7. The molecule has 2 amide bonds. The normalized spacial score (nSPS) is 18.1. The Kier molecular flexibility index (Phi) is 7.24. The summed E-state index contributed by atoms with van der Waals surface area (Å²) in [5.41, 5.74) is 1.33. The highest BCUT2D eigenvalue weighted by molar-refractivity contribution is 5.88. The number of likely N-dealkylation sites (tertiary alicyclic amines) is 2. The van der Waals surface area contributed by atoms with Crippen molar-refractivity contribution >= 4 is 28.4 Å². The fourth-order valence-electron chi connectivity index (χ4n) is 4.41. The minimum Gasteiger partial charge on any atom is -0.358 e. The average molecular weight is 458 g/mol. The minimum absolute atomic E-state index is 0.0279.